The molecular formula is C12H16N2. The van der Waals surface area contributed by atoms with Crippen LogP contribution in [-0.2, 0) is 0 Å². The summed E-state index contributed by atoms with van der Waals surface area (Å²) in [4.78, 5) is 0. The van der Waals surface area contributed by atoms with Gasteiger partial charge in [0.05, 0.1) is 11.6 Å². The van der Waals surface area contributed by atoms with Crippen LogP contribution in [0, 0.1) is 17.2 Å². The summed E-state index contributed by atoms with van der Waals surface area (Å²) in [5.41, 5.74) is 1.79. The molecule has 74 valence electrons. The SMILES string of the molecule is CC[C@@H](C)CNc1ccc(C#N)cc1. The molecule has 1 aromatic rings. The van der Waals surface area contributed by atoms with Gasteiger partial charge >= 0.3 is 0 Å². The number of anilines is 1. The molecule has 0 aliphatic carbocycles. The van der Waals surface area contributed by atoms with Crippen molar-refractivity contribution < 1.29 is 0 Å². The van der Waals surface area contributed by atoms with Crippen LogP contribution in [0.1, 0.15) is 25.8 Å². The van der Waals surface area contributed by atoms with Crippen molar-refractivity contribution in [1.29, 1.82) is 5.26 Å². The van der Waals surface area contributed by atoms with Gasteiger partial charge in [0.1, 0.15) is 0 Å². The zero-order valence-corrected chi connectivity index (χ0v) is 8.75. The number of benzene rings is 1. The van der Waals surface area contributed by atoms with Crippen molar-refractivity contribution in [3.05, 3.63) is 29.8 Å². The Labute approximate surface area is 85.6 Å². The molecule has 0 saturated heterocycles. The smallest absolute Gasteiger partial charge is 0.0991 e. The molecule has 0 bridgehead atoms. The highest BCUT2D eigenvalue weighted by Crippen LogP contribution is 2.10. The van der Waals surface area contributed by atoms with Crippen molar-refractivity contribution in [1.82, 2.24) is 0 Å². The first kappa shape index (κ1) is 10.6. The van der Waals surface area contributed by atoms with Gasteiger partial charge in [-0.1, -0.05) is 20.3 Å². The summed E-state index contributed by atoms with van der Waals surface area (Å²) in [5, 5.41) is 12.0. The Kier molecular flexibility index (Phi) is 4.00. The lowest BCUT2D eigenvalue weighted by Crippen LogP contribution is -2.09. The van der Waals surface area contributed by atoms with E-state index in [1.165, 1.54) is 6.42 Å². The van der Waals surface area contributed by atoms with E-state index in [1.807, 2.05) is 24.3 Å². The number of rotatable bonds is 4. The highest BCUT2D eigenvalue weighted by atomic mass is 14.9. The molecule has 2 nitrogen and oxygen atoms in total. The zero-order chi connectivity index (χ0) is 10.4. The van der Waals surface area contributed by atoms with Gasteiger partial charge in [-0.2, -0.15) is 5.26 Å². The van der Waals surface area contributed by atoms with Crippen LogP contribution in [0.15, 0.2) is 24.3 Å². The lowest BCUT2D eigenvalue weighted by Gasteiger charge is -2.10. The van der Waals surface area contributed by atoms with E-state index in [0.29, 0.717) is 11.5 Å². The fraction of sp³-hybridized carbons (Fsp3) is 0.417. The van der Waals surface area contributed by atoms with Crippen LogP contribution in [0.2, 0.25) is 0 Å². The summed E-state index contributed by atoms with van der Waals surface area (Å²) in [5.74, 6) is 0.686. The first-order chi connectivity index (χ1) is 6.76. The summed E-state index contributed by atoms with van der Waals surface area (Å²) in [6.45, 7) is 5.39. The molecule has 0 saturated carbocycles. The average molecular weight is 188 g/mol. The van der Waals surface area contributed by atoms with Gasteiger partial charge < -0.3 is 5.32 Å². The van der Waals surface area contributed by atoms with Gasteiger partial charge in [-0.3, -0.25) is 0 Å². The van der Waals surface area contributed by atoms with Crippen LogP contribution in [0.5, 0.6) is 0 Å². The van der Waals surface area contributed by atoms with Crippen molar-refractivity contribution in [2.45, 2.75) is 20.3 Å². The summed E-state index contributed by atoms with van der Waals surface area (Å²) in [6.07, 6.45) is 1.18. The van der Waals surface area contributed by atoms with Crippen LogP contribution in [0.4, 0.5) is 5.69 Å². The second kappa shape index (κ2) is 5.29. The van der Waals surface area contributed by atoms with E-state index in [4.69, 9.17) is 5.26 Å². The quantitative estimate of drug-likeness (QED) is 0.788. The topological polar surface area (TPSA) is 35.8 Å². The zero-order valence-electron chi connectivity index (χ0n) is 8.75. The van der Waals surface area contributed by atoms with Crippen LogP contribution in [0.25, 0.3) is 0 Å². The van der Waals surface area contributed by atoms with Crippen LogP contribution >= 0.6 is 0 Å². The third kappa shape index (κ3) is 3.10. The van der Waals surface area contributed by atoms with Crippen LogP contribution in [0.3, 0.4) is 0 Å². The summed E-state index contributed by atoms with van der Waals surface area (Å²) >= 11 is 0. The van der Waals surface area contributed by atoms with Gasteiger partial charge in [0, 0.05) is 12.2 Å². The molecule has 14 heavy (non-hydrogen) atoms. The second-order valence-corrected chi connectivity index (χ2v) is 3.58. The van der Waals surface area contributed by atoms with Gasteiger partial charge in [0.15, 0.2) is 0 Å². The summed E-state index contributed by atoms with van der Waals surface area (Å²) < 4.78 is 0. The van der Waals surface area contributed by atoms with E-state index in [2.05, 4.69) is 25.2 Å². The molecule has 1 N–H and O–H groups in total. The monoisotopic (exact) mass is 188 g/mol. The molecule has 0 aromatic heterocycles. The molecule has 0 unspecified atom stereocenters. The number of hydrogen-bond donors (Lipinski definition) is 1. The average Bonchev–Trinajstić information content (AvgIpc) is 2.26. The molecule has 1 aromatic carbocycles. The molecule has 1 atom stereocenters. The summed E-state index contributed by atoms with van der Waals surface area (Å²) in [6, 6.07) is 9.66. The van der Waals surface area contributed by atoms with Gasteiger partial charge in [-0.05, 0) is 30.2 Å². The van der Waals surface area contributed by atoms with E-state index >= 15 is 0 Å². The van der Waals surface area contributed by atoms with E-state index in [1.54, 1.807) is 0 Å². The standard InChI is InChI=1S/C12H16N2/c1-3-10(2)9-14-12-6-4-11(8-13)5-7-12/h4-7,10,14H,3,9H2,1-2H3/t10-/m1/s1. The highest BCUT2D eigenvalue weighted by Gasteiger charge is 1.98. The molecule has 2 heteroatoms. The molecule has 0 aliphatic rings. The largest absolute Gasteiger partial charge is 0.385 e. The van der Waals surface area contributed by atoms with Crippen molar-refractivity contribution in [3.8, 4) is 6.07 Å². The molecular weight excluding hydrogens is 172 g/mol. The maximum atomic E-state index is 8.61. The minimum Gasteiger partial charge on any atom is -0.385 e. The van der Waals surface area contributed by atoms with Gasteiger partial charge in [0.25, 0.3) is 0 Å². The minimum absolute atomic E-state index is 0.686. The fourth-order valence-corrected chi connectivity index (χ4v) is 1.10. The van der Waals surface area contributed by atoms with E-state index < -0.39 is 0 Å². The minimum atomic E-state index is 0.686. The second-order valence-electron chi connectivity index (χ2n) is 3.58. The Hall–Kier alpha value is -1.49. The van der Waals surface area contributed by atoms with Gasteiger partial charge in [-0.25, -0.2) is 0 Å². The van der Waals surface area contributed by atoms with Gasteiger partial charge in [-0.15, -0.1) is 0 Å². The van der Waals surface area contributed by atoms with E-state index in [-0.39, 0.29) is 0 Å². The lowest BCUT2D eigenvalue weighted by molar-refractivity contribution is 0.593. The molecule has 0 aliphatic heterocycles. The van der Waals surface area contributed by atoms with Crippen molar-refractivity contribution in [3.63, 3.8) is 0 Å². The molecule has 0 fully saturated rings. The summed E-state index contributed by atoms with van der Waals surface area (Å²) in [7, 11) is 0. The lowest BCUT2D eigenvalue weighted by atomic mass is 10.1. The molecule has 0 amide bonds. The highest BCUT2D eigenvalue weighted by molar-refractivity contribution is 5.47. The normalized spacial score (nSPS) is 11.8. The molecule has 1 rings (SSSR count). The van der Waals surface area contributed by atoms with E-state index in [9.17, 15) is 0 Å². The Balaban J connectivity index is 2.49. The molecule has 0 heterocycles. The first-order valence-electron chi connectivity index (χ1n) is 5.00. The van der Waals surface area contributed by atoms with Gasteiger partial charge in [0.2, 0.25) is 0 Å². The maximum absolute atomic E-state index is 8.61. The van der Waals surface area contributed by atoms with Crippen molar-refractivity contribution >= 4 is 5.69 Å². The predicted molar refractivity (Wildman–Crippen MR) is 59.1 cm³/mol. The van der Waals surface area contributed by atoms with E-state index in [0.717, 1.165) is 12.2 Å². The first-order valence-corrected chi connectivity index (χ1v) is 5.00. The fourth-order valence-electron chi connectivity index (χ4n) is 1.10. The van der Waals surface area contributed by atoms with Crippen molar-refractivity contribution in [2.24, 2.45) is 5.92 Å². The maximum Gasteiger partial charge on any atom is 0.0991 e. The number of nitrogens with zero attached hydrogens (tertiary/aromatic N) is 1. The molecule has 0 radical (unpaired) electrons. The Morgan fingerprint density at radius 3 is 2.50 bits per heavy atom. The predicted octanol–water partition coefficient (Wildman–Crippen LogP) is 3.02. The Morgan fingerprint density at radius 2 is 2.00 bits per heavy atom. The van der Waals surface area contributed by atoms with Crippen molar-refractivity contribution in [2.75, 3.05) is 11.9 Å². The number of nitriles is 1. The molecule has 0 spiro atoms. The number of nitrogens with one attached hydrogen (secondary N) is 1. The Bertz CT molecular complexity index is 308. The van der Waals surface area contributed by atoms with Crippen LogP contribution in [-0.4, -0.2) is 6.54 Å². The number of hydrogen-bond acceptors (Lipinski definition) is 2. The third-order valence-electron chi connectivity index (χ3n) is 2.37. The Morgan fingerprint density at radius 1 is 1.36 bits per heavy atom. The van der Waals surface area contributed by atoms with Crippen LogP contribution < -0.4 is 5.32 Å². The third-order valence-corrected chi connectivity index (χ3v) is 2.37.